The minimum absolute atomic E-state index is 0.326. The quantitative estimate of drug-likeness (QED) is 0.894. The Bertz CT molecular complexity index is 490. The first-order valence-electron chi connectivity index (χ1n) is 6.38. The highest BCUT2D eigenvalue weighted by molar-refractivity contribution is 7.14. The van der Waals surface area contributed by atoms with Gasteiger partial charge in [-0.15, -0.1) is 10.2 Å². The predicted molar refractivity (Wildman–Crippen MR) is 76.8 cm³/mol. The Morgan fingerprint density at radius 2 is 1.89 bits per heavy atom. The molecule has 2 rings (SSSR count). The van der Waals surface area contributed by atoms with Crippen LogP contribution < -0.4 is 5.32 Å². The number of hydrogen-bond acceptors (Lipinski definition) is 4. The second kappa shape index (κ2) is 6.07. The fourth-order valence-electron chi connectivity index (χ4n) is 1.84. The van der Waals surface area contributed by atoms with Gasteiger partial charge >= 0.3 is 0 Å². The van der Waals surface area contributed by atoms with Gasteiger partial charge in [-0.1, -0.05) is 55.0 Å². The predicted octanol–water partition coefficient (Wildman–Crippen LogP) is 3.57. The lowest BCUT2D eigenvalue weighted by Crippen LogP contribution is -2.19. The largest absolute Gasteiger partial charge is 0.308 e. The first-order valence-corrected chi connectivity index (χ1v) is 7.20. The second-order valence-corrected chi connectivity index (χ2v) is 5.34. The lowest BCUT2D eigenvalue weighted by molar-refractivity contribution is 0.531. The molecule has 0 saturated carbocycles. The highest BCUT2D eigenvalue weighted by Crippen LogP contribution is 2.28. The van der Waals surface area contributed by atoms with Crippen molar-refractivity contribution in [3.63, 3.8) is 0 Å². The fraction of sp³-hybridized carbons (Fsp3) is 0.429. The molecule has 4 heteroatoms. The number of aromatic nitrogens is 2. The van der Waals surface area contributed by atoms with Crippen LogP contribution in [0.1, 0.15) is 36.9 Å². The van der Waals surface area contributed by atoms with E-state index in [1.165, 1.54) is 5.56 Å². The van der Waals surface area contributed by atoms with E-state index in [9.17, 15) is 0 Å². The van der Waals surface area contributed by atoms with E-state index in [0.29, 0.717) is 6.04 Å². The van der Waals surface area contributed by atoms with Crippen molar-refractivity contribution < 1.29 is 0 Å². The van der Waals surface area contributed by atoms with Crippen LogP contribution in [-0.4, -0.2) is 16.7 Å². The molecule has 0 bridgehead atoms. The molecule has 1 N–H and O–H groups in total. The molecule has 0 saturated heterocycles. The molecule has 18 heavy (non-hydrogen) atoms. The van der Waals surface area contributed by atoms with Crippen molar-refractivity contribution >= 4 is 11.3 Å². The lowest BCUT2D eigenvalue weighted by atomic mass is 10.2. The molecule has 0 spiro atoms. The zero-order chi connectivity index (χ0) is 13.0. The van der Waals surface area contributed by atoms with Crippen LogP contribution in [0.25, 0.3) is 10.6 Å². The lowest BCUT2D eigenvalue weighted by Gasteiger charge is -2.10. The number of nitrogens with one attached hydrogen (secondary N) is 1. The Morgan fingerprint density at radius 1 is 1.17 bits per heavy atom. The third-order valence-electron chi connectivity index (χ3n) is 2.90. The van der Waals surface area contributed by atoms with Gasteiger partial charge in [-0.3, -0.25) is 0 Å². The van der Waals surface area contributed by atoms with Gasteiger partial charge in [-0.05, 0) is 19.9 Å². The van der Waals surface area contributed by atoms with Gasteiger partial charge in [0.15, 0.2) is 0 Å². The highest BCUT2D eigenvalue weighted by Gasteiger charge is 2.14. The van der Waals surface area contributed by atoms with E-state index in [0.717, 1.165) is 28.5 Å². The number of hydrogen-bond donors (Lipinski definition) is 1. The molecule has 1 heterocycles. The van der Waals surface area contributed by atoms with E-state index in [-0.39, 0.29) is 0 Å². The Labute approximate surface area is 112 Å². The zero-order valence-electron chi connectivity index (χ0n) is 11.1. The van der Waals surface area contributed by atoms with Crippen molar-refractivity contribution in [1.82, 2.24) is 15.5 Å². The maximum Gasteiger partial charge on any atom is 0.147 e. The summed E-state index contributed by atoms with van der Waals surface area (Å²) in [5.41, 5.74) is 2.42. The Hall–Kier alpha value is -1.26. The summed E-state index contributed by atoms with van der Waals surface area (Å²) in [6.45, 7) is 7.33. The SMILES string of the molecule is CCNC(CC)c1nnc(-c2ccc(C)cc2)s1. The molecule has 0 radical (unpaired) electrons. The molecule has 96 valence electrons. The van der Waals surface area contributed by atoms with E-state index >= 15 is 0 Å². The molecule has 1 atom stereocenters. The van der Waals surface area contributed by atoms with E-state index in [2.05, 4.69) is 60.6 Å². The van der Waals surface area contributed by atoms with Crippen LogP contribution in [0.5, 0.6) is 0 Å². The minimum atomic E-state index is 0.326. The summed E-state index contributed by atoms with van der Waals surface area (Å²) in [6, 6.07) is 8.75. The molecular formula is C14H19N3S. The first kappa shape index (κ1) is 13.2. The van der Waals surface area contributed by atoms with E-state index in [1.54, 1.807) is 11.3 Å². The van der Waals surface area contributed by atoms with Crippen LogP contribution in [0.15, 0.2) is 24.3 Å². The molecule has 2 aromatic rings. The smallest absolute Gasteiger partial charge is 0.147 e. The van der Waals surface area contributed by atoms with Gasteiger partial charge < -0.3 is 5.32 Å². The van der Waals surface area contributed by atoms with Gasteiger partial charge in [0, 0.05) is 5.56 Å². The zero-order valence-corrected chi connectivity index (χ0v) is 11.9. The van der Waals surface area contributed by atoms with E-state index < -0.39 is 0 Å². The standard InChI is InChI=1S/C14H19N3S/c1-4-12(15-5-2)14-17-16-13(18-14)11-8-6-10(3)7-9-11/h6-9,12,15H,4-5H2,1-3H3. The number of rotatable bonds is 5. The number of nitrogens with zero attached hydrogens (tertiary/aromatic N) is 2. The van der Waals surface area contributed by atoms with Gasteiger partial charge in [-0.25, -0.2) is 0 Å². The third-order valence-corrected chi connectivity index (χ3v) is 3.98. The summed E-state index contributed by atoms with van der Waals surface area (Å²) >= 11 is 1.68. The summed E-state index contributed by atoms with van der Waals surface area (Å²) in [4.78, 5) is 0. The Kier molecular flexibility index (Phi) is 4.44. The average molecular weight is 261 g/mol. The van der Waals surface area contributed by atoms with Crippen LogP contribution in [-0.2, 0) is 0 Å². The number of aryl methyl sites for hydroxylation is 1. The van der Waals surface area contributed by atoms with Crippen molar-refractivity contribution in [3.05, 3.63) is 34.8 Å². The van der Waals surface area contributed by atoms with E-state index in [1.807, 2.05) is 0 Å². The second-order valence-electron chi connectivity index (χ2n) is 4.33. The van der Waals surface area contributed by atoms with Crippen LogP contribution in [0.4, 0.5) is 0 Å². The molecule has 0 fully saturated rings. The van der Waals surface area contributed by atoms with Gasteiger partial charge in [0.25, 0.3) is 0 Å². The Balaban J connectivity index is 2.21. The number of benzene rings is 1. The highest BCUT2D eigenvalue weighted by atomic mass is 32.1. The maximum atomic E-state index is 4.31. The van der Waals surface area contributed by atoms with Crippen LogP contribution in [0.3, 0.4) is 0 Å². The van der Waals surface area contributed by atoms with Gasteiger partial charge in [0.05, 0.1) is 6.04 Å². The summed E-state index contributed by atoms with van der Waals surface area (Å²) in [6.07, 6.45) is 1.04. The van der Waals surface area contributed by atoms with Crippen molar-refractivity contribution in [2.75, 3.05) is 6.54 Å². The van der Waals surface area contributed by atoms with Gasteiger partial charge in [0.2, 0.25) is 0 Å². The maximum absolute atomic E-state index is 4.31. The fourth-order valence-corrected chi connectivity index (χ4v) is 2.85. The normalized spacial score (nSPS) is 12.6. The van der Waals surface area contributed by atoms with Crippen molar-refractivity contribution in [1.29, 1.82) is 0 Å². The van der Waals surface area contributed by atoms with E-state index in [4.69, 9.17) is 0 Å². The monoisotopic (exact) mass is 261 g/mol. The van der Waals surface area contributed by atoms with Crippen LogP contribution >= 0.6 is 11.3 Å². The molecule has 0 aliphatic rings. The van der Waals surface area contributed by atoms with Crippen LogP contribution in [0.2, 0.25) is 0 Å². The van der Waals surface area contributed by atoms with Crippen molar-refractivity contribution in [3.8, 4) is 10.6 Å². The van der Waals surface area contributed by atoms with Gasteiger partial charge in [0.1, 0.15) is 10.0 Å². The summed E-state index contributed by atoms with van der Waals surface area (Å²) in [7, 11) is 0. The molecular weight excluding hydrogens is 242 g/mol. The average Bonchev–Trinajstić information content (AvgIpc) is 2.86. The summed E-state index contributed by atoms with van der Waals surface area (Å²) < 4.78 is 0. The van der Waals surface area contributed by atoms with Crippen molar-refractivity contribution in [2.24, 2.45) is 0 Å². The molecule has 1 unspecified atom stereocenters. The first-order chi connectivity index (χ1) is 8.74. The van der Waals surface area contributed by atoms with Crippen molar-refractivity contribution in [2.45, 2.75) is 33.2 Å². The molecule has 1 aromatic carbocycles. The third kappa shape index (κ3) is 2.94. The Morgan fingerprint density at radius 3 is 2.50 bits per heavy atom. The molecule has 0 amide bonds. The van der Waals surface area contributed by atoms with Crippen LogP contribution in [0, 0.1) is 6.92 Å². The molecule has 1 aromatic heterocycles. The minimum Gasteiger partial charge on any atom is -0.308 e. The summed E-state index contributed by atoms with van der Waals surface area (Å²) in [5.74, 6) is 0. The van der Waals surface area contributed by atoms with Gasteiger partial charge in [-0.2, -0.15) is 0 Å². The molecule has 0 aliphatic carbocycles. The topological polar surface area (TPSA) is 37.8 Å². The molecule has 0 aliphatic heterocycles. The summed E-state index contributed by atoms with van der Waals surface area (Å²) in [5, 5.41) is 14.1. The molecule has 3 nitrogen and oxygen atoms in total.